The van der Waals surface area contributed by atoms with Gasteiger partial charge < -0.3 is 5.11 Å². The lowest BCUT2D eigenvalue weighted by molar-refractivity contribution is 0.0733. The van der Waals surface area contributed by atoms with Crippen molar-refractivity contribution in [2.45, 2.75) is 65.4 Å². The zero-order valence-electron chi connectivity index (χ0n) is 12.1. The highest BCUT2D eigenvalue weighted by molar-refractivity contribution is 5.29. The fourth-order valence-electron chi connectivity index (χ4n) is 1.58. The van der Waals surface area contributed by atoms with E-state index in [-0.39, 0.29) is 5.41 Å². The van der Waals surface area contributed by atoms with Crippen LogP contribution in [0.5, 0.6) is 0 Å². The van der Waals surface area contributed by atoms with E-state index in [1.807, 2.05) is 6.07 Å². The van der Waals surface area contributed by atoms with Crippen LogP contribution in [0.1, 0.15) is 71.3 Å². The standard InChI is InChI=1S/C15H25NO/c1-10(2)11-8-12(14(3,4)5)16-13(9-11)15(6,7)17/h8-10,17H,1-7H3. The van der Waals surface area contributed by atoms with Crippen LogP contribution in [0.25, 0.3) is 0 Å². The molecule has 2 nitrogen and oxygen atoms in total. The van der Waals surface area contributed by atoms with E-state index >= 15 is 0 Å². The molecule has 0 aliphatic heterocycles. The van der Waals surface area contributed by atoms with Gasteiger partial charge in [0.05, 0.1) is 5.69 Å². The second kappa shape index (κ2) is 4.41. The molecule has 0 amide bonds. The van der Waals surface area contributed by atoms with Crippen molar-refractivity contribution in [2.24, 2.45) is 0 Å². The molecule has 0 radical (unpaired) electrons. The molecule has 0 aliphatic rings. The molecule has 0 spiro atoms. The van der Waals surface area contributed by atoms with Gasteiger partial charge in [-0.3, -0.25) is 4.98 Å². The Bertz CT molecular complexity index is 362. The molecule has 17 heavy (non-hydrogen) atoms. The van der Waals surface area contributed by atoms with Crippen molar-refractivity contribution >= 4 is 0 Å². The number of aliphatic hydroxyl groups is 1. The maximum absolute atomic E-state index is 10.1. The molecule has 1 aromatic heterocycles. The third-order valence-corrected chi connectivity index (χ3v) is 2.91. The highest BCUT2D eigenvalue weighted by Gasteiger charge is 2.23. The maximum atomic E-state index is 10.1. The first kappa shape index (κ1) is 14.2. The van der Waals surface area contributed by atoms with Crippen LogP contribution < -0.4 is 0 Å². The monoisotopic (exact) mass is 235 g/mol. The third kappa shape index (κ3) is 3.53. The SMILES string of the molecule is CC(C)c1cc(C(C)(C)C)nc(C(C)(C)O)c1. The van der Waals surface area contributed by atoms with Crippen LogP contribution in [-0.2, 0) is 11.0 Å². The molecule has 2 heteroatoms. The minimum absolute atomic E-state index is 0.00486. The van der Waals surface area contributed by atoms with Gasteiger partial charge in [0.2, 0.25) is 0 Å². The lowest BCUT2D eigenvalue weighted by Crippen LogP contribution is -2.22. The zero-order valence-corrected chi connectivity index (χ0v) is 12.1. The van der Waals surface area contributed by atoms with E-state index in [9.17, 15) is 5.11 Å². The number of aromatic nitrogens is 1. The first-order chi connectivity index (χ1) is 7.51. The predicted molar refractivity (Wildman–Crippen MR) is 72.3 cm³/mol. The predicted octanol–water partition coefficient (Wildman–Crippen LogP) is 3.73. The highest BCUT2D eigenvalue weighted by atomic mass is 16.3. The fraction of sp³-hybridized carbons (Fsp3) is 0.667. The summed E-state index contributed by atoms with van der Waals surface area (Å²) >= 11 is 0. The first-order valence-electron chi connectivity index (χ1n) is 6.27. The van der Waals surface area contributed by atoms with Gasteiger partial charge in [-0.15, -0.1) is 0 Å². The molecule has 1 aromatic rings. The molecule has 1 N–H and O–H groups in total. The molecule has 1 heterocycles. The lowest BCUT2D eigenvalue weighted by atomic mass is 9.87. The van der Waals surface area contributed by atoms with Gasteiger partial charge in [-0.25, -0.2) is 0 Å². The Morgan fingerprint density at radius 2 is 1.47 bits per heavy atom. The van der Waals surface area contributed by atoms with Gasteiger partial charge >= 0.3 is 0 Å². The van der Waals surface area contributed by atoms with Crippen molar-refractivity contribution in [2.75, 3.05) is 0 Å². The quantitative estimate of drug-likeness (QED) is 0.847. The van der Waals surface area contributed by atoms with E-state index in [0.29, 0.717) is 5.92 Å². The van der Waals surface area contributed by atoms with Gasteiger partial charge in [0.1, 0.15) is 5.60 Å². The van der Waals surface area contributed by atoms with Gasteiger partial charge in [0.25, 0.3) is 0 Å². The van der Waals surface area contributed by atoms with Crippen molar-refractivity contribution in [1.82, 2.24) is 4.98 Å². The summed E-state index contributed by atoms with van der Waals surface area (Å²) in [5.74, 6) is 0.445. The molecule has 0 saturated carbocycles. The number of rotatable bonds is 2. The van der Waals surface area contributed by atoms with Gasteiger partial charge in [-0.1, -0.05) is 34.6 Å². The van der Waals surface area contributed by atoms with Crippen LogP contribution in [0.2, 0.25) is 0 Å². The van der Waals surface area contributed by atoms with E-state index in [0.717, 1.165) is 11.4 Å². The smallest absolute Gasteiger partial charge is 0.101 e. The number of hydrogen-bond donors (Lipinski definition) is 1. The van der Waals surface area contributed by atoms with Crippen LogP contribution >= 0.6 is 0 Å². The van der Waals surface area contributed by atoms with Crippen molar-refractivity contribution in [3.05, 3.63) is 29.1 Å². The molecule has 0 fully saturated rings. The van der Waals surface area contributed by atoms with Crippen LogP contribution in [0, 0.1) is 0 Å². The van der Waals surface area contributed by atoms with Crippen LogP contribution in [0.4, 0.5) is 0 Å². The maximum Gasteiger partial charge on any atom is 0.101 e. The molecule has 0 aromatic carbocycles. The van der Waals surface area contributed by atoms with Crippen molar-refractivity contribution in [3.63, 3.8) is 0 Å². The van der Waals surface area contributed by atoms with Gasteiger partial charge in [-0.05, 0) is 37.5 Å². The van der Waals surface area contributed by atoms with E-state index in [4.69, 9.17) is 0 Å². The fourth-order valence-corrected chi connectivity index (χ4v) is 1.58. The molecule has 0 atom stereocenters. The minimum atomic E-state index is -0.884. The summed E-state index contributed by atoms with van der Waals surface area (Å²) in [4.78, 5) is 4.61. The number of nitrogens with zero attached hydrogens (tertiary/aromatic N) is 1. The molecular weight excluding hydrogens is 210 g/mol. The summed E-state index contributed by atoms with van der Waals surface area (Å²) in [6, 6.07) is 4.17. The van der Waals surface area contributed by atoms with Gasteiger partial charge in [0, 0.05) is 11.1 Å². The summed E-state index contributed by atoms with van der Waals surface area (Å²) in [7, 11) is 0. The molecule has 1 rings (SSSR count). The molecule has 0 saturated heterocycles. The Hall–Kier alpha value is -0.890. The molecule has 96 valence electrons. The minimum Gasteiger partial charge on any atom is -0.384 e. The highest BCUT2D eigenvalue weighted by Crippen LogP contribution is 2.28. The van der Waals surface area contributed by atoms with Crippen LogP contribution in [0.15, 0.2) is 12.1 Å². The van der Waals surface area contributed by atoms with E-state index in [1.165, 1.54) is 5.56 Å². The lowest BCUT2D eigenvalue weighted by Gasteiger charge is -2.24. The second-order valence-corrected chi connectivity index (χ2v) is 6.63. The van der Waals surface area contributed by atoms with Crippen LogP contribution in [0.3, 0.4) is 0 Å². The first-order valence-corrected chi connectivity index (χ1v) is 6.27. The van der Waals surface area contributed by atoms with E-state index in [2.05, 4.69) is 45.7 Å². The van der Waals surface area contributed by atoms with Gasteiger partial charge in [-0.2, -0.15) is 0 Å². The summed E-state index contributed by atoms with van der Waals surface area (Å²) < 4.78 is 0. The largest absolute Gasteiger partial charge is 0.384 e. The average molecular weight is 235 g/mol. The summed E-state index contributed by atoms with van der Waals surface area (Å²) in [5, 5.41) is 10.1. The molecular formula is C15H25NO. The summed E-state index contributed by atoms with van der Waals surface area (Å²) in [6.45, 7) is 14.3. The zero-order chi connectivity index (χ0) is 13.4. The normalized spacial score (nSPS) is 13.2. The summed E-state index contributed by atoms with van der Waals surface area (Å²) in [5.41, 5.74) is 2.16. The van der Waals surface area contributed by atoms with E-state index < -0.39 is 5.60 Å². The number of pyridine rings is 1. The Labute approximate surface area is 105 Å². The van der Waals surface area contributed by atoms with Crippen LogP contribution in [-0.4, -0.2) is 10.1 Å². The topological polar surface area (TPSA) is 33.1 Å². The van der Waals surface area contributed by atoms with Crippen molar-refractivity contribution < 1.29 is 5.11 Å². The van der Waals surface area contributed by atoms with E-state index in [1.54, 1.807) is 13.8 Å². The molecule has 0 unspecified atom stereocenters. The van der Waals surface area contributed by atoms with Gasteiger partial charge in [0.15, 0.2) is 0 Å². The van der Waals surface area contributed by atoms with Crippen molar-refractivity contribution in [3.8, 4) is 0 Å². The average Bonchev–Trinajstić information content (AvgIpc) is 2.14. The molecule has 0 bridgehead atoms. The summed E-state index contributed by atoms with van der Waals surface area (Å²) in [6.07, 6.45) is 0. The Kier molecular flexibility index (Phi) is 3.68. The third-order valence-electron chi connectivity index (χ3n) is 2.91. The molecule has 0 aliphatic carbocycles. The Morgan fingerprint density at radius 1 is 1.00 bits per heavy atom. The number of hydrogen-bond acceptors (Lipinski definition) is 2. The Morgan fingerprint density at radius 3 is 1.82 bits per heavy atom. The van der Waals surface area contributed by atoms with Crippen molar-refractivity contribution in [1.29, 1.82) is 0 Å². The second-order valence-electron chi connectivity index (χ2n) is 6.63. The Balaban J connectivity index is 3.40.